The van der Waals surface area contributed by atoms with Gasteiger partial charge in [0, 0.05) is 18.6 Å². The Morgan fingerprint density at radius 1 is 1.22 bits per heavy atom. The molecule has 1 N–H and O–H groups in total. The van der Waals surface area contributed by atoms with Crippen molar-refractivity contribution in [3.8, 4) is 6.07 Å². The average Bonchev–Trinajstić information content (AvgIpc) is 2.56. The van der Waals surface area contributed by atoms with Gasteiger partial charge in [0.2, 0.25) is 5.91 Å². The number of hydrogen-bond acceptors (Lipinski definition) is 3. The van der Waals surface area contributed by atoms with Crippen LogP contribution in [0.2, 0.25) is 5.02 Å². The van der Waals surface area contributed by atoms with Gasteiger partial charge < -0.3 is 10.0 Å². The molecule has 0 aliphatic rings. The van der Waals surface area contributed by atoms with E-state index in [0.29, 0.717) is 22.7 Å². The molecule has 23 heavy (non-hydrogen) atoms. The fraction of sp³-hybridized carbons (Fsp3) is 0.222. The van der Waals surface area contributed by atoms with Crippen molar-refractivity contribution >= 4 is 17.5 Å². The van der Waals surface area contributed by atoms with E-state index in [-0.39, 0.29) is 12.3 Å². The van der Waals surface area contributed by atoms with E-state index in [0.717, 1.165) is 5.56 Å². The van der Waals surface area contributed by atoms with E-state index in [1.54, 1.807) is 48.3 Å². The highest BCUT2D eigenvalue weighted by atomic mass is 35.5. The van der Waals surface area contributed by atoms with E-state index in [4.69, 9.17) is 16.9 Å². The molecule has 1 unspecified atom stereocenters. The number of rotatable bonds is 5. The van der Waals surface area contributed by atoms with Gasteiger partial charge in [0.25, 0.3) is 0 Å². The van der Waals surface area contributed by atoms with Gasteiger partial charge in [0.1, 0.15) is 0 Å². The summed E-state index contributed by atoms with van der Waals surface area (Å²) in [6.45, 7) is 0.428. The van der Waals surface area contributed by atoms with Crippen molar-refractivity contribution in [2.75, 3.05) is 7.05 Å². The molecule has 4 nitrogen and oxygen atoms in total. The van der Waals surface area contributed by atoms with Crippen LogP contribution in [-0.4, -0.2) is 23.0 Å². The molecule has 0 aliphatic heterocycles. The Hall–Kier alpha value is -2.35. The van der Waals surface area contributed by atoms with Crippen LogP contribution in [-0.2, 0) is 11.3 Å². The molecular formula is C18H17ClN2O2. The van der Waals surface area contributed by atoms with Gasteiger partial charge in [-0.25, -0.2) is 0 Å². The predicted molar refractivity (Wildman–Crippen MR) is 88.7 cm³/mol. The van der Waals surface area contributed by atoms with Crippen LogP contribution in [0.15, 0.2) is 48.5 Å². The molecule has 118 valence electrons. The zero-order valence-electron chi connectivity index (χ0n) is 12.7. The molecule has 1 atom stereocenters. The first-order valence-electron chi connectivity index (χ1n) is 7.16. The summed E-state index contributed by atoms with van der Waals surface area (Å²) < 4.78 is 0. The standard InChI is InChI=1S/C18H17ClN2O2/c1-21(12-14-4-2-13(11-20)3-5-14)18(23)10-17(22)15-6-8-16(19)9-7-15/h2-9,17,22H,10,12H2,1H3. The molecule has 2 aromatic carbocycles. The first-order valence-corrected chi connectivity index (χ1v) is 7.54. The number of hydrogen-bond donors (Lipinski definition) is 1. The fourth-order valence-electron chi connectivity index (χ4n) is 2.17. The van der Waals surface area contributed by atoms with Gasteiger partial charge in [-0.2, -0.15) is 5.26 Å². The van der Waals surface area contributed by atoms with Crippen molar-refractivity contribution in [3.63, 3.8) is 0 Å². The molecule has 1 amide bonds. The fourth-order valence-corrected chi connectivity index (χ4v) is 2.30. The number of amides is 1. The number of halogens is 1. The molecule has 0 saturated carbocycles. The van der Waals surface area contributed by atoms with E-state index in [1.165, 1.54) is 0 Å². The van der Waals surface area contributed by atoms with E-state index in [2.05, 4.69) is 6.07 Å². The largest absolute Gasteiger partial charge is 0.388 e. The second kappa shape index (κ2) is 7.77. The van der Waals surface area contributed by atoms with Crippen LogP contribution in [0.3, 0.4) is 0 Å². The Labute approximate surface area is 140 Å². The topological polar surface area (TPSA) is 64.3 Å². The zero-order valence-corrected chi connectivity index (χ0v) is 13.5. The van der Waals surface area contributed by atoms with Crippen molar-refractivity contribution in [2.45, 2.75) is 19.1 Å². The van der Waals surface area contributed by atoms with E-state index < -0.39 is 6.10 Å². The molecule has 0 saturated heterocycles. The lowest BCUT2D eigenvalue weighted by Gasteiger charge is -2.19. The third kappa shape index (κ3) is 4.82. The second-order valence-electron chi connectivity index (χ2n) is 5.33. The highest BCUT2D eigenvalue weighted by molar-refractivity contribution is 6.30. The van der Waals surface area contributed by atoms with Crippen LogP contribution in [0, 0.1) is 11.3 Å². The summed E-state index contributed by atoms with van der Waals surface area (Å²) in [6.07, 6.45) is -0.850. The summed E-state index contributed by atoms with van der Waals surface area (Å²) in [6, 6.07) is 15.9. The number of aliphatic hydroxyl groups excluding tert-OH is 1. The van der Waals surface area contributed by atoms with Crippen LogP contribution in [0.5, 0.6) is 0 Å². The summed E-state index contributed by atoms with van der Waals surface area (Å²) in [5, 5.41) is 19.5. The van der Waals surface area contributed by atoms with E-state index in [9.17, 15) is 9.90 Å². The summed E-state index contributed by atoms with van der Waals surface area (Å²) in [4.78, 5) is 13.8. The molecule has 0 bridgehead atoms. The first kappa shape index (κ1) is 17.0. The Balaban J connectivity index is 1.93. The number of nitriles is 1. The third-order valence-electron chi connectivity index (χ3n) is 3.55. The van der Waals surface area contributed by atoms with Gasteiger partial charge in [-0.3, -0.25) is 4.79 Å². The summed E-state index contributed by atoms with van der Waals surface area (Å²) >= 11 is 5.81. The maximum absolute atomic E-state index is 12.2. The SMILES string of the molecule is CN(Cc1ccc(C#N)cc1)C(=O)CC(O)c1ccc(Cl)cc1. The van der Waals surface area contributed by atoms with Gasteiger partial charge in [-0.05, 0) is 35.4 Å². The predicted octanol–water partition coefficient (Wildman–Crippen LogP) is 3.29. The minimum absolute atomic E-state index is 0.00834. The molecule has 0 aromatic heterocycles. The van der Waals surface area contributed by atoms with Crippen molar-refractivity contribution in [1.82, 2.24) is 4.90 Å². The van der Waals surface area contributed by atoms with Gasteiger partial charge >= 0.3 is 0 Å². The van der Waals surface area contributed by atoms with Crippen LogP contribution in [0.4, 0.5) is 0 Å². The lowest BCUT2D eigenvalue weighted by atomic mass is 10.1. The molecule has 0 fully saturated rings. The highest BCUT2D eigenvalue weighted by Gasteiger charge is 2.16. The third-order valence-corrected chi connectivity index (χ3v) is 3.80. The van der Waals surface area contributed by atoms with Gasteiger partial charge in [0.15, 0.2) is 0 Å². The average molecular weight is 329 g/mol. The van der Waals surface area contributed by atoms with E-state index >= 15 is 0 Å². The Morgan fingerprint density at radius 2 is 1.83 bits per heavy atom. The number of aliphatic hydroxyl groups is 1. The van der Waals surface area contributed by atoms with Crippen molar-refractivity contribution in [1.29, 1.82) is 5.26 Å². The molecule has 2 rings (SSSR count). The minimum Gasteiger partial charge on any atom is -0.388 e. The Kier molecular flexibility index (Phi) is 5.75. The smallest absolute Gasteiger partial charge is 0.225 e. The number of nitrogens with zero attached hydrogens (tertiary/aromatic N) is 2. The maximum atomic E-state index is 12.2. The molecular weight excluding hydrogens is 312 g/mol. The van der Waals surface area contributed by atoms with E-state index in [1.807, 2.05) is 12.1 Å². The summed E-state index contributed by atoms with van der Waals surface area (Å²) in [7, 11) is 1.69. The zero-order chi connectivity index (χ0) is 16.8. The van der Waals surface area contributed by atoms with Crippen LogP contribution in [0.25, 0.3) is 0 Å². The van der Waals surface area contributed by atoms with Crippen LogP contribution >= 0.6 is 11.6 Å². The van der Waals surface area contributed by atoms with Crippen molar-refractivity contribution in [3.05, 3.63) is 70.2 Å². The molecule has 0 spiro atoms. The van der Waals surface area contributed by atoms with Crippen LogP contribution < -0.4 is 0 Å². The first-order chi connectivity index (χ1) is 11.0. The monoisotopic (exact) mass is 328 g/mol. The van der Waals surface area contributed by atoms with Gasteiger partial charge in [0.05, 0.1) is 24.2 Å². The lowest BCUT2D eigenvalue weighted by molar-refractivity contribution is -0.132. The Morgan fingerprint density at radius 3 is 2.39 bits per heavy atom. The van der Waals surface area contributed by atoms with Crippen molar-refractivity contribution in [2.24, 2.45) is 0 Å². The lowest BCUT2D eigenvalue weighted by Crippen LogP contribution is -2.27. The number of carbonyl (C=O) groups is 1. The van der Waals surface area contributed by atoms with Gasteiger partial charge in [-0.1, -0.05) is 35.9 Å². The quantitative estimate of drug-likeness (QED) is 0.916. The van der Waals surface area contributed by atoms with Crippen LogP contribution in [0.1, 0.15) is 29.2 Å². The minimum atomic E-state index is -0.858. The normalized spacial score (nSPS) is 11.6. The molecule has 0 aliphatic carbocycles. The molecule has 2 aromatic rings. The number of benzene rings is 2. The molecule has 5 heteroatoms. The molecule has 0 radical (unpaired) electrons. The highest BCUT2D eigenvalue weighted by Crippen LogP contribution is 2.20. The number of carbonyl (C=O) groups excluding carboxylic acids is 1. The molecule has 0 heterocycles. The summed E-state index contributed by atoms with van der Waals surface area (Å²) in [5.41, 5.74) is 2.18. The summed E-state index contributed by atoms with van der Waals surface area (Å²) in [5.74, 6) is -0.156. The van der Waals surface area contributed by atoms with Gasteiger partial charge in [-0.15, -0.1) is 0 Å². The van der Waals surface area contributed by atoms with Crippen molar-refractivity contribution < 1.29 is 9.90 Å². The maximum Gasteiger partial charge on any atom is 0.225 e. The second-order valence-corrected chi connectivity index (χ2v) is 5.77. The Bertz CT molecular complexity index is 705.